The largest absolute Gasteiger partial charge is 0.339 e. The Morgan fingerprint density at radius 3 is 2.79 bits per heavy atom. The number of benzene rings is 1. The summed E-state index contributed by atoms with van der Waals surface area (Å²) < 4.78 is 18.8. The van der Waals surface area contributed by atoms with Crippen LogP contribution in [0.3, 0.4) is 0 Å². The van der Waals surface area contributed by atoms with E-state index in [2.05, 4.69) is 26.1 Å². The van der Waals surface area contributed by atoms with Gasteiger partial charge >= 0.3 is 0 Å². The van der Waals surface area contributed by atoms with Gasteiger partial charge in [0.25, 0.3) is 0 Å². The quantitative estimate of drug-likeness (QED) is 0.935. The molecule has 0 saturated carbocycles. The Labute approximate surface area is 119 Å². The number of halogens is 2. The van der Waals surface area contributed by atoms with Crippen LogP contribution in [0.2, 0.25) is 0 Å². The highest BCUT2D eigenvalue weighted by Gasteiger charge is 2.15. The van der Waals surface area contributed by atoms with Crippen molar-refractivity contribution in [3.63, 3.8) is 0 Å². The van der Waals surface area contributed by atoms with Crippen LogP contribution in [0.4, 0.5) is 4.39 Å². The standard InChI is InChI=1S/C13H15BrFN3O/c1-13(2,16)6-5-11-17-12(18-19-11)9-4-3-8(15)7-10(9)14/h3-4,7H,5-6,16H2,1-2H3. The Morgan fingerprint density at radius 2 is 2.16 bits per heavy atom. The molecule has 2 aromatic rings. The van der Waals surface area contributed by atoms with Crippen molar-refractivity contribution in [3.8, 4) is 11.4 Å². The minimum Gasteiger partial charge on any atom is -0.339 e. The summed E-state index contributed by atoms with van der Waals surface area (Å²) in [4.78, 5) is 4.29. The molecule has 1 aromatic heterocycles. The summed E-state index contributed by atoms with van der Waals surface area (Å²) in [5.41, 5.74) is 6.33. The molecule has 0 atom stereocenters. The van der Waals surface area contributed by atoms with E-state index in [0.717, 1.165) is 6.42 Å². The molecule has 0 bridgehead atoms. The molecule has 6 heteroatoms. The SMILES string of the molecule is CC(C)(N)CCc1nc(-c2ccc(F)cc2Br)no1. The number of hydrogen-bond acceptors (Lipinski definition) is 4. The maximum absolute atomic E-state index is 13.0. The third kappa shape index (κ3) is 3.84. The van der Waals surface area contributed by atoms with E-state index in [1.807, 2.05) is 13.8 Å². The van der Waals surface area contributed by atoms with Gasteiger partial charge in [-0.1, -0.05) is 5.16 Å². The van der Waals surface area contributed by atoms with E-state index in [1.165, 1.54) is 12.1 Å². The van der Waals surface area contributed by atoms with Crippen LogP contribution in [0.1, 0.15) is 26.2 Å². The topological polar surface area (TPSA) is 64.9 Å². The van der Waals surface area contributed by atoms with E-state index in [1.54, 1.807) is 6.07 Å². The lowest BCUT2D eigenvalue weighted by molar-refractivity contribution is 0.358. The Kier molecular flexibility index (Phi) is 4.01. The van der Waals surface area contributed by atoms with Gasteiger partial charge in [-0.15, -0.1) is 0 Å². The smallest absolute Gasteiger partial charge is 0.227 e. The van der Waals surface area contributed by atoms with Gasteiger partial charge in [0.1, 0.15) is 5.82 Å². The number of nitrogens with two attached hydrogens (primary N) is 1. The lowest BCUT2D eigenvalue weighted by Crippen LogP contribution is -2.32. The van der Waals surface area contributed by atoms with Crippen molar-refractivity contribution in [1.82, 2.24) is 10.1 Å². The molecular formula is C13H15BrFN3O. The molecule has 0 aliphatic heterocycles. The number of nitrogens with zero attached hydrogens (tertiary/aromatic N) is 2. The molecule has 0 radical (unpaired) electrons. The van der Waals surface area contributed by atoms with Crippen molar-refractivity contribution in [3.05, 3.63) is 34.4 Å². The second-order valence-corrected chi connectivity index (χ2v) is 5.98. The van der Waals surface area contributed by atoms with Crippen molar-refractivity contribution in [2.24, 2.45) is 5.73 Å². The van der Waals surface area contributed by atoms with Crippen LogP contribution in [-0.2, 0) is 6.42 Å². The van der Waals surface area contributed by atoms with Crippen LogP contribution in [-0.4, -0.2) is 15.7 Å². The number of rotatable bonds is 4. The zero-order chi connectivity index (χ0) is 14.0. The summed E-state index contributed by atoms with van der Waals surface area (Å²) >= 11 is 3.28. The fraction of sp³-hybridized carbons (Fsp3) is 0.385. The summed E-state index contributed by atoms with van der Waals surface area (Å²) in [6.45, 7) is 3.89. The third-order valence-corrected chi connectivity index (χ3v) is 3.28. The van der Waals surface area contributed by atoms with Gasteiger partial charge in [-0.3, -0.25) is 0 Å². The van der Waals surface area contributed by atoms with E-state index in [4.69, 9.17) is 10.3 Å². The van der Waals surface area contributed by atoms with E-state index in [0.29, 0.717) is 28.2 Å². The van der Waals surface area contributed by atoms with Crippen molar-refractivity contribution in [2.45, 2.75) is 32.2 Å². The van der Waals surface area contributed by atoms with Crippen molar-refractivity contribution in [2.75, 3.05) is 0 Å². The molecule has 0 spiro atoms. The van der Waals surface area contributed by atoms with Crippen LogP contribution < -0.4 is 5.73 Å². The fourth-order valence-electron chi connectivity index (χ4n) is 1.57. The minimum atomic E-state index is -0.316. The first-order valence-electron chi connectivity index (χ1n) is 5.92. The Balaban J connectivity index is 2.16. The van der Waals surface area contributed by atoms with Crippen molar-refractivity contribution >= 4 is 15.9 Å². The molecule has 102 valence electrons. The van der Waals surface area contributed by atoms with Crippen molar-refractivity contribution < 1.29 is 8.91 Å². The molecule has 0 unspecified atom stereocenters. The fourth-order valence-corrected chi connectivity index (χ4v) is 2.09. The normalized spacial score (nSPS) is 11.8. The summed E-state index contributed by atoms with van der Waals surface area (Å²) in [6.07, 6.45) is 1.37. The third-order valence-electron chi connectivity index (χ3n) is 2.62. The molecule has 4 nitrogen and oxygen atoms in total. The number of aryl methyl sites for hydroxylation is 1. The zero-order valence-corrected chi connectivity index (χ0v) is 12.4. The minimum absolute atomic E-state index is 0.273. The highest BCUT2D eigenvalue weighted by atomic mass is 79.9. The number of hydrogen-bond donors (Lipinski definition) is 1. The lowest BCUT2D eigenvalue weighted by atomic mass is 10.0. The molecule has 0 saturated heterocycles. The molecule has 0 aliphatic rings. The van der Waals surface area contributed by atoms with Gasteiger partial charge in [-0.2, -0.15) is 4.98 Å². The maximum Gasteiger partial charge on any atom is 0.227 e. The molecule has 1 aromatic carbocycles. The van der Waals surface area contributed by atoms with Gasteiger partial charge < -0.3 is 10.3 Å². The molecule has 2 rings (SSSR count). The van der Waals surface area contributed by atoms with Gasteiger partial charge in [0.2, 0.25) is 11.7 Å². The van der Waals surface area contributed by atoms with Gasteiger partial charge in [-0.05, 0) is 54.4 Å². The van der Waals surface area contributed by atoms with E-state index < -0.39 is 0 Å². The highest BCUT2D eigenvalue weighted by Crippen LogP contribution is 2.27. The van der Waals surface area contributed by atoms with Gasteiger partial charge in [0, 0.05) is 22.0 Å². The Hall–Kier alpha value is -1.27. The second kappa shape index (κ2) is 5.38. The predicted molar refractivity (Wildman–Crippen MR) is 74.0 cm³/mol. The summed E-state index contributed by atoms with van der Waals surface area (Å²) in [5, 5.41) is 3.90. The maximum atomic E-state index is 13.0. The first kappa shape index (κ1) is 14.1. The summed E-state index contributed by atoms with van der Waals surface area (Å²) in [6, 6.07) is 4.34. The second-order valence-electron chi connectivity index (χ2n) is 5.12. The first-order valence-corrected chi connectivity index (χ1v) is 6.71. The van der Waals surface area contributed by atoms with Gasteiger partial charge in [0.15, 0.2) is 0 Å². The van der Waals surface area contributed by atoms with Crippen LogP contribution in [0.5, 0.6) is 0 Å². The molecule has 0 amide bonds. The summed E-state index contributed by atoms with van der Waals surface area (Å²) in [7, 11) is 0. The van der Waals surface area contributed by atoms with Crippen LogP contribution in [0.25, 0.3) is 11.4 Å². The predicted octanol–water partition coefficient (Wildman–Crippen LogP) is 3.31. The highest BCUT2D eigenvalue weighted by molar-refractivity contribution is 9.10. The molecular weight excluding hydrogens is 313 g/mol. The average molecular weight is 328 g/mol. The van der Waals surface area contributed by atoms with Crippen LogP contribution in [0, 0.1) is 5.82 Å². The first-order chi connectivity index (χ1) is 8.85. The Morgan fingerprint density at radius 1 is 1.42 bits per heavy atom. The average Bonchev–Trinajstić information content (AvgIpc) is 2.74. The molecule has 0 fully saturated rings. The molecule has 2 N–H and O–H groups in total. The van der Waals surface area contributed by atoms with Crippen LogP contribution >= 0.6 is 15.9 Å². The van der Waals surface area contributed by atoms with Crippen molar-refractivity contribution in [1.29, 1.82) is 0 Å². The monoisotopic (exact) mass is 327 g/mol. The van der Waals surface area contributed by atoms with E-state index in [9.17, 15) is 4.39 Å². The van der Waals surface area contributed by atoms with E-state index >= 15 is 0 Å². The molecule has 19 heavy (non-hydrogen) atoms. The van der Waals surface area contributed by atoms with E-state index in [-0.39, 0.29) is 11.4 Å². The van der Waals surface area contributed by atoms with Gasteiger partial charge in [0.05, 0.1) is 0 Å². The number of aromatic nitrogens is 2. The zero-order valence-electron chi connectivity index (χ0n) is 10.8. The molecule has 0 aliphatic carbocycles. The Bertz CT molecular complexity index is 578. The molecule has 1 heterocycles. The van der Waals surface area contributed by atoms with Crippen LogP contribution in [0.15, 0.2) is 27.2 Å². The lowest BCUT2D eigenvalue weighted by Gasteiger charge is -2.16. The van der Waals surface area contributed by atoms with Gasteiger partial charge in [-0.25, -0.2) is 4.39 Å². The summed E-state index contributed by atoms with van der Waals surface area (Å²) in [5.74, 6) is 0.658.